The van der Waals surface area contributed by atoms with Crippen molar-refractivity contribution in [1.82, 2.24) is 9.97 Å². The molecule has 0 saturated heterocycles. The number of nitrogens with zero attached hydrogens (tertiary/aromatic N) is 2. The lowest BCUT2D eigenvalue weighted by Gasteiger charge is -2.14. The lowest BCUT2D eigenvalue weighted by molar-refractivity contribution is -0.146. The van der Waals surface area contributed by atoms with E-state index < -0.39 is 0 Å². The van der Waals surface area contributed by atoms with Crippen LogP contribution in [0.4, 0.5) is 0 Å². The number of aromatic nitrogens is 2. The Morgan fingerprint density at radius 1 is 1.15 bits per heavy atom. The fraction of sp³-hybridized carbons (Fsp3) is 0.350. The van der Waals surface area contributed by atoms with Crippen molar-refractivity contribution in [1.29, 1.82) is 0 Å². The van der Waals surface area contributed by atoms with E-state index in [2.05, 4.69) is 47.4 Å². The average Bonchev–Trinajstić information content (AvgIpc) is 3.02. The number of esters is 1. The molecule has 6 heteroatoms. The van der Waals surface area contributed by atoms with Gasteiger partial charge in [-0.1, -0.05) is 30.0 Å². The smallest absolute Gasteiger partial charge is 0.319 e. The van der Waals surface area contributed by atoms with Gasteiger partial charge < -0.3 is 4.74 Å². The summed E-state index contributed by atoms with van der Waals surface area (Å²) in [5.74, 6) is -0.222. The van der Waals surface area contributed by atoms with Crippen molar-refractivity contribution < 1.29 is 9.53 Å². The minimum Gasteiger partial charge on any atom is -0.462 e. The van der Waals surface area contributed by atoms with E-state index in [9.17, 15) is 4.79 Å². The molecule has 0 unspecified atom stereocenters. The molecule has 0 fully saturated rings. The second-order valence-electron chi connectivity index (χ2n) is 6.55. The molecule has 136 valence electrons. The molecule has 3 aromatic rings. The van der Waals surface area contributed by atoms with Gasteiger partial charge in [0.15, 0.2) is 0 Å². The zero-order chi connectivity index (χ0) is 18.8. The van der Waals surface area contributed by atoms with Crippen LogP contribution >= 0.6 is 23.1 Å². The highest BCUT2D eigenvalue weighted by Gasteiger charge is 2.21. The van der Waals surface area contributed by atoms with Gasteiger partial charge in [-0.2, -0.15) is 0 Å². The molecule has 4 nitrogen and oxygen atoms in total. The van der Waals surface area contributed by atoms with E-state index in [0.29, 0.717) is 0 Å². The van der Waals surface area contributed by atoms with E-state index in [-0.39, 0.29) is 17.3 Å². The highest BCUT2D eigenvalue weighted by atomic mass is 32.2. The maximum atomic E-state index is 12.2. The molecule has 3 rings (SSSR count). The number of fused-ring (bicyclic) bond motifs is 1. The standard InChI is InChI=1S/C20H22N2O2S2/c1-11(2)24-20(23)14(5)26-19-17-16(9-25-18(17)21-10-22-19)15-7-6-12(3)13(4)8-15/h6-11,14H,1-5H3/t14-/m1/s1. The van der Waals surface area contributed by atoms with Gasteiger partial charge in [-0.25, -0.2) is 9.97 Å². The number of ether oxygens (including phenoxy) is 1. The Kier molecular flexibility index (Phi) is 5.63. The number of thioether (sulfide) groups is 1. The van der Waals surface area contributed by atoms with E-state index in [1.54, 1.807) is 17.7 Å². The summed E-state index contributed by atoms with van der Waals surface area (Å²) in [4.78, 5) is 22.0. The number of thiophene rings is 1. The molecule has 0 radical (unpaired) electrons. The fourth-order valence-corrected chi connectivity index (χ4v) is 4.50. The number of carbonyl (C=O) groups is 1. The third-order valence-corrected chi connectivity index (χ3v) is 6.09. The summed E-state index contributed by atoms with van der Waals surface area (Å²) in [6, 6.07) is 6.45. The summed E-state index contributed by atoms with van der Waals surface area (Å²) in [6.45, 7) is 9.79. The van der Waals surface area contributed by atoms with Crippen molar-refractivity contribution in [2.45, 2.75) is 51.0 Å². The lowest BCUT2D eigenvalue weighted by atomic mass is 10.0. The number of hydrogen-bond donors (Lipinski definition) is 0. The van der Waals surface area contributed by atoms with Crippen LogP contribution < -0.4 is 0 Å². The Labute approximate surface area is 162 Å². The first-order chi connectivity index (χ1) is 12.4. The zero-order valence-corrected chi connectivity index (χ0v) is 17.2. The Balaban J connectivity index is 2.00. The van der Waals surface area contributed by atoms with Crippen molar-refractivity contribution >= 4 is 39.3 Å². The quantitative estimate of drug-likeness (QED) is 0.333. The van der Waals surface area contributed by atoms with Crippen molar-refractivity contribution in [3.05, 3.63) is 41.0 Å². The average molecular weight is 387 g/mol. The number of rotatable bonds is 5. The van der Waals surface area contributed by atoms with Gasteiger partial charge >= 0.3 is 5.97 Å². The summed E-state index contributed by atoms with van der Waals surface area (Å²) in [7, 11) is 0. The number of benzene rings is 1. The molecule has 0 bridgehead atoms. The monoisotopic (exact) mass is 386 g/mol. The van der Waals surface area contributed by atoms with Crippen LogP contribution in [-0.4, -0.2) is 27.3 Å². The normalized spacial score (nSPS) is 12.5. The Morgan fingerprint density at radius 2 is 1.92 bits per heavy atom. The topological polar surface area (TPSA) is 52.1 Å². The molecule has 2 heterocycles. The van der Waals surface area contributed by atoms with Gasteiger partial charge in [-0.15, -0.1) is 11.3 Å². The Bertz CT molecular complexity index is 950. The third kappa shape index (κ3) is 3.91. The van der Waals surface area contributed by atoms with Crippen molar-refractivity contribution in [2.75, 3.05) is 0 Å². The molecular formula is C20H22N2O2S2. The molecule has 0 aliphatic rings. The minimum atomic E-state index is -0.331. The van der Waals surface area contributed by atoms with Gasteiger partial charge in [0.1, 0.15) is 21.4 Å². The molecule has 0 aliphatic heterocycles. The molecule has 0 spiro atoms. The highest BCUT2D eigenvalue weighted by Crippen LogP contribution is 2.39. The molecule has 1 atom stereocenters. The van der Waals surface area contributed by atoms with Crippen LogP contribution in [0, 0.1) is 13.8 Å². The summed E-state index contributed by atoms with van der Waals surface area (Å²) in [6.07, 6.45) is 1.44. The second kappa shape index (κ2) is 7.76. The SMILES string of the molecule is Cc1ccc(-c2csc3ncnc(S[C@H](C)C(=O)OC(C)C)c23)cc1C. The van der Waals surface area contributed by atoms with Crippen LogP contribution in [-0.2, 0) is 9.53 Å². The predicted molar refractivity (Wildman–Crippen MR) is 109 cm³/mol. The maximum absolute atomic E-state index is 12.2. The van der Waals surface area contributed by atoms with Crippen LogP contribution in [0.1, 0.15) is 31.9 Å². The van der Waals surface area contributed by atoms with Crippen LogP contribution in [0.5, 0.6) is 0 Å². The molecule has 0 aliphatic carbocycles. The van der Waals surface area contributed by atoms with Crippen LogP contribution in [0.3, 0.4) is 0 Å². The van der Waals surface area contributed by atoms with Crippen molar-refractivity contribution in [2.24, 2.45) is 0 Å². The first-order valence-corrected chi connectivity index (χ1v) is 10.3. The van der Waals surface area contributed by atoms with Crippen LogP contribution in [0.2, 0.25) is 0 Å². The highest BCUT2D eigenvalue weighted by molar-refractivity contribution is 8.00. The lowest BCUT2D eigenvalue weighted by Crippen LogP contribution is -2.20. The molecule has 0 amide bonds. The number of hydrogen-bond acceptors (Lipinski definition) is 6. The van der Waals surface area contributed by atoms with Gasteiger partial charge in [-0.05, 0) is 51.3 Å². The summed E-state index contributed by atoms with van der Waals surface area (Å²) >= 11 is 3.02. The van der Waals surface area contributed by atoms with Crippen LogP contribution in [0.25, 0.3) is 21.3 Å². The van der Waals surface area contributed by atoms with Gasteiger partial charge in [0.25, 0.3) is 0 Å². The molecule has 2 aromatic heterocycles. The fourth-order valence-electron chi connectivity index (χ4n) is 2.60. The third-order valence-electron chi connectivity index (χ3n) is 4.13. The molecule has 26 heavy (non-hydrogen) atoms. The van der Waals surface area contributed by atoms with Crippen molar-refractivity contribution in [3.8, 4) is 11.1 Å². The predicted octanol–water partition coefficient (Wildman–Crippen LogP) is 5.41. The molecule has 0 N–H and O–H groups in total. The second-order valence-corrected chi connectivity index (χ2v) is 8.74. The van der Waals surface area contributed by atoms with Crippen LogP contribution in [0.15, 0.2) is 34.9 Å². The largest absolute Gasteiger partial charge is 0.462 e. The molecule has 1 aromatic carbocycles. The van der Waals surface area contributed by atoms with Gasteiger partial charge in [-0.3, -0.25) is 4.79 Å². The Hall–Kier alpha value is -1.92. The van der Waals surface area contributed by atoms with E-state index >= 15 is 0 Å². The summed E-state index contributed by atoms with van der Waals surface area (Å²) in [5.41, 5.74) is 4.78. The maximum Gasteiger partial charge on any atom is 0.319 e. The molecule has 0 saturated carbocycles. The molecular weight excluding hydrogens is 364 g/mol. The van der Waals surface area contributed by atoms with E-state index in [1.807, 2.05) is 20.8 Å². The van der Waals surface area contributed by atoms with E-state index in [0.717, 1.165) is 26.4 Å². The zero-order valence-electron chi connectivity index (χ0n) is 15.6. The van der Waals surface area contributed by atoms with Gasteiger partial charge in [0, 0.05) is 10.9 Å². The minimum absolute atomic E-state index is 0.122. The van der Waals surface area contributed by atoms with Gasteiger partial charge in [0.2, 0.25) is 0 Å². The van der Waals surface area contributed by atoms with Crippen molar-refractivity contribution in [3.63, 3.8) is 0 Å². The van der Waals surface area contributed by atoms with Gasteiger partial charge in [0.05, 0.1) is 11.5 Å². The first-order valence-electron chi connectivity index (χ1n) is 8.53. The Morgan fingerprint density at radius 3 is 2.62 bits per heavy atom. The number of aryl methyl sites for hydroxylation is 2. The number of carbonyl (C=O) groups excluding carboxylic acids is 1. The van der Waals surface area contributed by atoms with E-state index in [4.69, 9.17) is 4.74 Å². The summed E-state index contributed by atoms with van der Waals surface area (Å²) < 4.78 is 5.32. The van der Waals surface area contributed by atoms with E-state index in [1.165, 1.54) is 22.9 Å². The summed E-state index contributed by atoms with van der Waals surface area (Å²) in [5, 5.41) is 3.61. The first kappa shape index (κ1) is 18.9.